The number of para-hydroxylation sites is 1. The first-order valence-electron chi connectivity index (χ1n) is 21.3. The minimum absolute atomic E-state index is 0.571. The van der Waals surface area contributed by atoms with Gasteiger partial charge in [0.2, 0.25) is 0 Å². The van der Waals surface area contributed by atoms with Crippen LogP contribution >= 0.6 is 23.1 Å². The van der Waals surface area contributed by atoms with Crippen LogP contribution in [0.15, 0.2) is 191 Å². The molecule has 4 nitrogen and oxygen atoms in total. The molecule has 0 bridgehead atoms. The molecule has 294 valence electrons. The SMILES string of the molecule is N/C(=C1/Sc2ccccc2C1=NCc1ccccc1)n1c2ccc(-c3ccc4c(c3)c3c(n4-c4ccccc4)CCC=C3)cc2c2c3ccccc3c3c4ccccc4sc3c21. The lowest BCUT2D eigenvalue weighted by atomic mass is 9.96. The normalized spacial score (nSPS) is 15.2. The van der Waals surface area contributed by atoms with Gasteiger partial charge in [-0.3, -0.25) is 9.56 Å². The summed E-state index contributed by atoms with van der Waals surface area (Å²) in [6.45, 7) is 0.571. The van der Waals surface area contributed by atoms with E-state index in [-0.39, 0.29) is 0 Å². The Bertz CT molecular complexity index is 3750. The highest BCUT2D eigenvalue weighted by molar-refractivity contribution is 8.05. The van der Waals surface area contributed by atoms with Crippen molar-refractivity contribution in [1.29, 1.82) is 0 Å². The van der Waals surface area contributed by atoms with Gasteiger partial charge >= 0.3 is 0 Å². The summed E-state index contributed by atoms with van der Waals surface area (Å²) in [4.78, 5) is 7.48. The molecule has 0 fully saturated rings. The molecule has 11 aromatic rings. The Hall–Kier alpha value is -7.12. The van der Waals surface area contributed by atoms with Crippen LogP contribution in [0.5, 0.6) is 0 Å². The molecule has 0 unspecified atom stereocenters. The second-order valence-electron chi connectivity index (χ2n) is 16.3. The number of rotatable bonds is 5. The zero-order valence-corrected chi connectivity index (χ0v) is 35.3. The van der Waals surface area contributed by atoms with E-state index in [1.165, 1.54) is 91.2 Å². The van der Waals surface area contributed by atoms with Gasteiger partial charge in [0.1, 0.15) is 5.82 Å². The van der Waals surface area contributed by atoms with Gasteiger partial charge in [-0.25, -0.2) is 0 Å². The molecule has 2 aliphatic rings. The van der Waals surface area contributed by atoms with Crippen molar-refractivity contribution in [3.63, 3.8) is 0 Å². The van der Waals surface area contributed by atoms with E-state index >= 15 is 0 Å². The van der Waals surface area contributed by atoms with E-state index in [1.807, 2.05) is 11.3 Å². The second-order valence-corrected chi connectivity index (χ2v) is 18.4. The zero-order valence-electron chi connectivity index (χ0n) is 33.7. The Morgan fingerprint density at radius 2 is 1.31 bits per heavy atom. The minimum atomic E-state index is 0.571. The van der Waals surface area contributed by atoms with Gasteiger partial charge in [0, 0.05) is 59.0 Å². The van der Waals surface area contributed by atoms with Gasteiger partial charge in [0.15, 0.2) is 0 Å². The molecule has 1 aliphatic carbocycles. The predicted octanol–water partition coefficient (Wildman–Crippen LogP) is 14.8. The third-order valence-electron chi connectivity index (χ3n) is 12.8. The Kier molecular flexibility index (Phi) is 8.02. The van der Waals surface area contributed by atoms with Gasteiger partial charge in [0.25, 0.3) is 0 Å². The Morgan fingerprint density at radius 3 is 2.13 bits per heavy atom. The molecule has 0 atom stereocenters. The third kappa shape index (κ3) is 5.30. The predicted molar refractivity (Wildman–Crippen MR) is 266 cm³/mol. The van der Waals surface area contributed by atoms with E-state index in [4.69, 9.17) is 10.7 Å². The van der Waals surface area contributed by atoms with E-state index < -0.39 is 0 Å². The molecule has 1 aliphatic heterocycles. The van der Waals surface area contributed by atoms with Crippen molar-refractivity contribution in [2.75, 3.05) is 0 Å². The minimum Gasteiger partial charge on any atom is -0.384 e. The van der Waals surface area contributed by atoms with E-state index in [9.17, 15) is 0 Å². The number of allylic oxidation sites excluding steroid dienone is 2. The van der Waals surface area contributed by atoms with Crippen molar-refractivity contribution in [1.82, 2.24) is 9.13 Å². The van der Waals surface area contributed by atoms with Crippen LogP contribution in [0.2, 0.25) is 0 Å². The van der Waals surface area contributed by atoms with E-state index in [0.717, 1.165) is 40.1 Å². The molecule has 0 saturated carbocycles. The number of nitrogens with zero attached hydrogens (tertiary/aromatic N) is 3. The van der Waals surface area contributed by atoms with Crippen molar-refractivity contribution in [3.05, 3.63) is 203 Å². The summed E-state index contributed by atoms with van der Waals surface area (Å²) in [7, 11) is 0. The molecule has 62 heavy (non-hydrogen) atoms. The lowest BCUT2D eigenvalue weighted by Crippen LogP contribution is -2.12. The molecule has 3 aromatic heterocycles. The van der Waals surface area contributed by atoms with Crippen LogP contribution in [0.25, 0.3) is 92.4 Å². The van der Waals surface area contributed by atoms with Crippen LogP contribution in [0.4, 0.5) is 0 Å². The Balaban J connectivity index is 1.10. The lowest BCUT2D eigenvalue weighted by Gasteiger charge is -2.13. The highest BCUT2D eigenvalue weighted by atomic mass is 32.2. The third-order valence-corrected chi connectivity index (χ3v) is 15.2. The van der Waals surface area contributed by atoms with Crippen LogP contribution in [-0.4, -0.2) is 14.8 Å². The zero-order chi connectivity index (χ0) is 40.9. The maximum absolute atomic E-state index is 7.71. The number of aromatic nitrogens is 2. The number of thiophene rings is 1. The van der Waals surface area contributed by atoms with E-state index in [0.29, 0.717) is 12.4 Å². The number of aliphatic imine (C=N–C) groups is 1. The van der Waals surface area contributed by atoms with Gasteiger partial charge in [-0.2, -0.15) is 0 Å². The topological polar surface area (TPSA) is 48.2 Å². The summed E-state index contributed by atoms with van der Waals surface area (Å²) in [5.74, 6) is 0.696. The van der Waals surface area contributed by atoms with Crippen LogP contribution in [-0.2, 0) is 13.0 Å². The summed E-state index contributed by atoms with van der Waals surface area (Å²) < 4.78 is 7.33. The van der Waals surface area contributed by atoms with Gasteiger partial charge in [-0.05, 0) is 88.8 Å². The van der Waals surface area contributed by atoms with Crippen LogP contribution in [0.1, 0.15) is 28.8 Å². The molecule has 6 heteroatoms. The van der Waals surface area contributed by atoms with Crippen molar-refractivity contribution in [2.45, 2.75) is 24.3 Å². The summed E-state index contributed by atoms with van der Waals surface area (Å²) in [6, 6.07) is 61.7. The fourth-order valence-electron chi connectivity index (χ4n) is 10.1. The average molecular weight is 831 g/mol. The smallest absolute Gasteiger partial charge is 0.124 e. The molecule has 0 amide bonds. The van der Waals surface area contributed by atoms with Crippen molar-refractivity contribution in [2.24, 2.45) is 10.7 Å². The Labute approximate surface area is 366 Å². The average Bonchev–Trinajstić information content (AvgIpc) is 4.09. The lowest BCUT2D eigenvalue weighted by molar-refractivity contribution is 0.888. The van der Waals surface area contributed by atoms with Crippen molar-refractivity contribution < 1.29 is 0 Å². The molecule has 0 spiro atoms. The fourth-order valence-corrected chi connectivity index (χ4v) is 12.5. The molecule has 4 heterocycles. The Morgan fingerprint density at radius 1 is 0.629 bits per heavy atom. The number of thioether (sulfide) groups is 1. The van der Waals surface area contributed by atoms with Gasteiger partial charge in [-0.15, -0.1) is 11.3 Å². The number of fused-ring (bicyclic) bond motifs is 14. The van der Waals surface area contributed by atoms with Crippen molar-refractivity contribution in [3.8, 4) is 16.8 Å². The van der Waals surface area contributed by atoms with Gasteiger partial charge in [-0.1, -0.05) is 145 Å². The highest BCUT2D eigenvalue weighted by Gasteiger charge is 2.30. The quantitative estimate of drug-likeness (QED) is 0.188. The van der Waals surface area contributed by atoms with E-state index in [2.05, 4.69) is 191 Å². The number of benzene rings is 8. The summed E-state index contributed by atoms with van der Waals surface area (Å²) in [5, 5.41) is 8.73. The van der Waals surface area contributed by atoms with Gasteiger partial charge in [0.05, 0.1) is 38.4 Å². The maximum atomic E-state index is 7.71. The molecular formula is C56H38N4S2. The summed E-state index contributed by atoms with van der Waals surface area (Å²) in [6.07, 6.45) is 6.72. The summed E-state index contributed by atoms with van der Waals surface area (Å²) >= 11 is 3.59. The van der Waals surface area contributed by atoms with Crippen LogP contribution in [0.3, 0.4) is 0 Å². The first-order valence-corrected chi connectivity index (χ1v) is 22.9. The van der Waals surface area contributed by atoms with Gasteiger partial charge < -0.3 is 10.3 Å². The molecule has 2 N–H and O–H groups in total. The highest BCUT2D eigenvalue weighted by Crippen LogP contribution is 2.50. The second kappa shape index (κ2) is 14.0. The van der Waals surface area contributed by atoms with Crippen LogP contribution < -0.4 is 5.73 Å². The number of hydrogen-bond donors (Lipinski definition) is 1. The number of nitrogens with two attached hydrogens (primary N) is 1. The molecule has 13 rings (SSSR count). The molecular weight excluding hydrogens is 793 g/mol. The molecule has 0 radical (unpaired) electrons. The fraction of sp³-hybridized carbons (Fsp3) is 0.0536. The summed E-state index contributed by atoms with van der Waals surface area (Å²) in [5.41, 5.74) is 20.7. The van der Waals surface area contributed by atoms with E-state index in [1.54, 1.807) is 11.8 Å². The monoisotopic (exact) mass is 830 g/mol. The maximum Gasteiger partial charge on any atom is 0.124 e. The number of hydrogen-bond acceptors (Lipinski definition) is 4. The first kappa shape index (κ1) is 35.6. The first-order chi connectivity index (χ1) is 30.7. The van der Waals surface area contributed by atoms with Crippen LogP contribution in [0, 0.1) is 0 Å². The molecule has 8 aromatic carbocycles. The van der Waals surface area contributed by atoms with Crippen molar-refractivity contribution >= 4 is 104 Å². The largest absolute Gasteiger partial charge is 0.384 e. The standard InChI is InChI=1S/C56H38N4S2/c57-56(55-52(42-23-11-14-26-49(42)62-55)58-33-34-15-3-1-4-16-34)60-47-30-28-36(35-27-29-46-43(31-35)38-19-9-12-24-45(38)59(46)37-17-5-2-6-18-37)32-44(47)50-39-20-7-8-21-40(39)51-41-22-10-13-25-48(41)61-54(51)53(50)60/h1-11,13-23,25-32H,12,24,33,57H2/b56-55-,58-52?. The molecule has 0 saturated heterocycles.